The monoisotopic (exact) mass is 307 g/mol. The highest BCUT2D eigenvalue weighted by Crippen LogP contribution is 2.34. The van der Waals surface area contributed by atoms with Crippen LogP contribution in [0.3, 0.4) is 0 Å². The summed E-state index contributed by atoms with van der Waals surface area (Å²) in [5.74, 6) is -0.126. The van der Waals surface area contributed by atoms with Gasteiger partial charge in [0.05, 0.1) is 0 Å². The Labute approximate surface area is 128 Å². The Morgan fingerprint density at radius 3 is 2.81 bits per heavy atom. The maximum absolute atomic E-state index is 12.2. The van der Waals surface area contributed by atoms with Crippen molar-refractivity contribution in [1.29, 1.82) is 0 Å². The number of nitrogens with zero attached hydrogens (tertiary/aromatic N) is 2. The molecular weight excluding hydrogens is 286 g/mol. The number of rotatable bonds is 4. The molecule has 0 aromatic carbocycles. The molecule has 114 valence electrons. The van der Waals surface area contributed by atoms with E-state index in [-0.39, 0.29) is 11.9 Å². The Kier molecular flexibility index (Phi) is 3.75. The predicted molar refractivity (Wildman–Crippen MR) is 82.2 cm³/mol. The molecular formula is C15H21N3O2S. The molecule has 1 aromatic heterocycles. The molecule has 0 saturated carbocycles. The molecule has 1 atom stereocenters. The summed E-state index contributed by atoms with van der Waals surface area (Å²) in [4.78, 5) is 29.2. The van der Waals surface area contributed by atoms with Crippen LogP contribution in [0.15, 0.2) is 17.5 Å². The molecule has 21 heavy (non-hydrogen) atoms. The highest BCUT2D eigenvalue weighted by Gasteiger charge is 2.44. The molecule has 2 saturated heterocycles. The summed E-state index contributed by atoms with van der Waals surface area (Å²) < 4.78 is 0. The predicted octanol–water partition coefficient (Wildman–Crippen LogP) is 2.22. The molecule has 0 spiro atoms. The van der Waals surface area contributed by atoms with E-state index in [2.05, 4.69) is 27.7 Å². The largest absolute Gasteiger partial charge is 0.325 e. The first-order valence-electron chi connectivity index (χ1n) is 7.40. The molecule has 2 aliphatic rings. The number of urea groups is 1. The van der Waals surface area contributed by atoms with Gasteiger partial charge in [-0.1, -0.05) is 6.07 Å². The molecule has 3 amide bonds. The van der Waals surface area contributed by atoms with Crippen LogP contribution in [0.2, 0.25) is 0 Å². The van der Waals surface area contributed by atoms with Crippen LogP contribution in [0.25, 0.3) is 0 Å². The van der Waals surface area contributed by atoms with Crippen molar-refractivity contribution in [2.45, 2.75) is 38.3 Å². The van der Waals surface area contributed by atoms with Crippen LogP contribution in [0.1, 0.15) is 37.6 Å². The first kappa shape index (κ1) is 14.5. The molecule has 6 heteroatoms. The fraction of sp³-hybridized carbons (Fsp3) is 0.600. The van der Waals surface area contributed by atoms with Crippen LogP contribution >= 0.6 is 11.3 Å². The van der Waals surface area contributed by atoms with Gasteiger partial charge in [-0.3, -0.25) is 14.6 Å². The van der Waals surface area contributed by atoms with E-state index in [0.717, 1.165) is 19.5 Å². The van der Waals surface area contributed by atoms with Crippen LogP contribution < -0.4 is 5.32 Å². The number of likely N-dealkylation sites (tertiary alicyclic amines) is 1. The number of hydrogen-bond donors (Lipinski definition) is 1. The van der Waals surface area contributed by atoms with E-state index in [1.807, 2.05) is 0 Å². The van der Waals surface area contributed by atoms with Gasteiger partial charge in [0.1, 0.15) is 5.54 Å². The molecule has 3 rings (SSSR count). The van der Waals surface area contributed by atoms with Gasteiger partial charge in [0.25, 0.3) is 5.91 Å². The zero-order chi connectivity index (χ0) is 15.0. The number of amides is 3. The van der Waals surface area contributed by atoms with Crippen LogP contribution in [0, 0.1) is 0 Å². The van der Waals surface area contributed by atoms with Gasteiger partial charge < -0.3 is 5.32 Å². The average molecular weight is 307 g/mol. The Morgan fingerprint density at radius 2 is 2.19 bits per heavy atom. The van der Waals surface area contributed by atoms with Gasteiger partial charge in [0.15, 0.2) is 0 Å². The number of carbonyl (C=O) groups excluding carboxylic acids is 2. The number of thiophene rings is 1. The lowest BCUT2D eigenvalue weighted by atomic mass is 10.1. The second-order valence-electron chi connectivity index (χ2n) is 6.22. The highest BCUT2D eigenvalue weighted by atomic mass is 32.1. The minimum atomic E-state index is -0.769. The van der Waals surface area contributed by atoms with Crippen molar-refractivity contribution in [3.8, 4) is 0 Å². The third-order valence-electron chi connectivity index (χ3n) is 4.29. The summed E-state index contributed by atoms with van der Waals surface area (Å²) in [5, 5.41) is 4.83. The van der Waals surface area contributed by atoms with Crippen molar-refractivity contribution in [3.63, 3.8) is 0 Å². The minimum absolute atomic E-state index is 0.126. The molecule has 0 radical (unpaired) electrons. The number of carbonyl (C=O) groups is 2. The zero-order valence-electron chi connectivity index (χ0n) is 12.5. The average Bonchev–Trinajstić information content (AvgIpc) is 3.10. The Hall–Kier alpha value is -1.40. The summed E-state index contributed by atoms with van der Waals surface area (Å²) in [6.45, 7) is 5.75. The van der Waals surface area contributed by atoms with Gasteiger partial charge in [-0.05, 0) is 44.7 Å². The summed E-state index contributed by atoms with van der Waals surface area (Å²) in [7, 11) is 0. The SMILES string of the molecule is CC1(C)NC(=O)N(CCN2CCCC2c2cccs2)C1=O. The first-order valence-corrected chi connectivity index (χ1v) is 8.28. The Bertz CT molecular complexity index is 541. The summed E-state index contributed by atoms with van der Waals surface area (Å²) in [6, 6.07) is 4.43. The summed E-state index contributed by atoms with van der Waals surface area (Å²) in [6.07, 6.45) is 2.33. The Morgan fingerprint density at radius 1 is 1.38 bits per heavy atom. The molecule has 1 aromatic rings. The molecule has 1 N–H and O–H groups in total. The van der Waals surface area contributed by atoms with E-state index >= 15 is 0 Å². The lowest BCUT2D eigenvalue weighted by Crippen LogP contribution is -2.41. The molecule has 3 heterocycles. The second kappa shape index (κ2) is 5.42. The molecule has 1 unspecified atom stereocenters. The molecule has 0 bridgehead atoms. The van der Waals surface area contributed by atoms with E-state index in [4.69, 9.17) is 0 Å². The van der Waals surface area contributed by atoms with Gasteiger partial charge in [-0.2, -0.15) is 0 Å². The third-order valence-corrected chi connectivity index (χ3v) is 5.26. The van der Waals surface area contributed by atoms with Crippen molar-refractivity contribution in [2.24, 2.45) is 0 Å². The zero-order valence-corrected chi connectivity index (χ0v) is 13.3. The fourth-order valence-corrected chi connectivity index (χ4v) is 4.04. The molecule has 2 aliphatic heterocycles. The van der Waals surface area contributed by atoms with E-state index in [9.17, 15) is 9.59 Å². The van der Waals surface area contributed by atoms with Gasteiger partial charge in [0, 0.05) is 24.0 Å². The van der Waals surface area contributed by atoms with Crippen molar-refractivity contribution in [3.05, 3.63) is 22.4 Å². The van der Waals surface area contributed by atoms with E-state index in [0.29, 0.717) is 12.6 Å². The lowest BCUT2D eigenvalue weighted by Gasteiger charge is -2.25. The number of nitrogens with one attached hydrogen (secondary N) is 1. The van der Waals surface area contributed by atoms with Gasteiger partial charge in [0.2, 0.25) is 0 Å². The first-order chi connectivity index (χ1) is 9.99. The van der Waals surface area contributed by atoms with Crippen molar-refractivity contribution in [2.75, 3.05) is 19.6 Å². The fourth-order valence-electron chi connectivity index (χ4n) is 3.15. The van der Waals surface area contributed by atoms with Gasteiger partial charge in [-0.15, -0.1) is 11.3 Å². The van der Waals surface area contributed by atoms with E-state index in [1.54, 1.807) is 25.2 Å². The summed E-state index contributed by atoms with van der Waals surface area (Å²) in [5.41, 5.74) is -0.769. The lowest BCUT2D eigenvalue weighted by molar-refractivity contribution is -0.130. The van der Waals surface area contributed by atoms with Gasteiger partial charge in [-0.25, -0.2) is 4.79 Å². The van der Waals surface area contributed by atoms with Crippen molar-refractivity contribution < 1.29 is 9.59 Å². The van der Waals surface area contributed by atoms with Crippen LogP contribution in [0.4, 0.5) is 4.79 Å². The molecule has 5 nitrogen and oxygen atoms in total. The van der Waals surface area contributed by atoms with E-state index in [1.165, 1.54) is 16.2 Å². The van der Waals surface area contributed by atoms with E-state index < -0.39 is 5.54 Å². The number of imide groups is 1. The van der Waals surface area contributed by atoms with Crippen LogP contribution in [0.5, 0.6) is 0 Å². The van der Waals surface area contributed by atoms with Crippen LogP contribution in [-0.4, -0.2) is 46.9 Å². The quantitative estimate of drug-likeness (QED) is 0.868. The third kappa shape index (κ3) is 2.70. The molecule has 0 aliphatic carbocycles. The summed E-state index contributed by atoms with van der Waals surface area (Å²) >= 11 is 1.78. The normalized spacial score (nSPS) is 25.6. The number of hydrogen-bond acceptors (Lipinski definition) is 4. The van der Waals surface area contributed by atoms with Crippen molar-refractivity contribution >= 4 is 23.3 Å². The van der Waals surface area contributed by atoms with Crippen LogP contribution in [-0.2, 0) is 4.79 Å². The van der Waals surface area contributed by atoms with Gasteiger partial charge >= 0.3 is 6.03 Å². The maximum Gasteiger partial charge on any atom is 0.325 e. The Balaban J connectivity index is 1.63. The minimum Gasteiger partial charge on any atom is -0.324 e. The smallest absolute Gasteiger partial charge is 0.324 e. The second-order valence-corrected chi connectivity index (χ2v) is 7.20. The standard InChI is InChI=1S/C15H21N3O2S/c1-15(2)13(19)18(14(20)16-15)9-8-17-7-3-5-11(17)12-6-4-10-21-12/h4,6,10-11H,3,5,7-9H2,1-2H3,(H,16,20). The maximum atomic E-state index is 12.2. The highest BCUT2D eigenvalue weighted by molar-refractivity contribution is 7.10. The topological polar surface area (TPSA) is 52.7 Å². The molecule has 2 fully saturated rings. The van der Waals surface area contributed by atoms with Crippen molar-refractivity contribution in [1.82, 2.24) is 15.1 Å².